The lowest BCUT2D eigenvalue weighted by Gasteiger charge is -2.14. The number of aromatic nitrogens is 2. The van der Waals surface area contributed by atoms with E-state index in [-0.39, 0.29) is 0 Å². The second-order valence-corrected chi connectivity index (χ2v) is 9.29. The molecule has 0 bridgehead atoms. The Labute approximate surface area is 216 Å². The van der Waals surface area contributed by atoms with Crippen LogP contribution in [0.2, 0.25) is 0 Å². The van der Waals surface area contributed by atoms with Gasteiger partial charge in [0.15, 0.2) is 0 Å². The Morgan fingerprint density at radius 2 is 0.919 bits per heavy atom. The number of para-hydroxylation sites is 1. The summed E-state index contributed by atoms with van der Waals surface area (Å²) < 4.78 is 2.31. The van der Waals surface area contributed by atoms with Crippen LogP contribution in [-0.4, -0.2) is 9.55 Å². The average molecular weight is 473 g/mol. The van der Waals surface area contributed by atoms with Crippen molar-refractivity contribution in [1.29, 1.82) is 0 Å². The highest BCUT2D eigenvalue weighted by molar-refractivity contribution is 5.94. The lowest BCUT2D eigenvalue weighted by molar-refractivity contribution is 1.07. The first-order valence-electron chi connectivity index (χ1n) is 12.6. The number of benzene rings is 6. The quantitative estimate of drug-likeness (QED) is 0.250. The zero-order valence-corrected chi connectivity index (χ0v) is 20.3. The smallest absolute Gasteiger partial charge is 0.145 e. The molecule has 0 radical (unpaired) electrons. The maximum Gasteiger partial charge on any atom is 0.145 e. The van der Waals surface area contributed by atoms with Gasteiger partial charge in [-0.05, 0) is 45.8 Å². The Hall–Kier alpha value is -4.95. The molecule has 0 aliphatic heterocycles. The monoisotopic (exact) mass is 472 g/mol. The van der Waals surface area contributed by atoms with Gasteiger partial charge in [-0.2, -0.15) is 0 Å². The van der Waals surface area contributed by atoms with Gasteiger partial charge >= 0.3 is 0 Å². The zero-order valence-electron chi connectivity index (χ0n) is 20.3. The Morgan fingerprint density at radius 1 is 0.405 bits per heavy atom. The molecule has 2 nitrogen and oxygen atoms in total. The minimum absolute atomic E-state index is 0.929. The van der Waals surface area contributed by atoms with Crippen molar-refractivity contribution in [2.24, 2.45) is 0 Å². The first kappa shape index (κ1) is 21.3. The lowest BCUT2D eigenvalue weighted by atomic mass is 9.99. The van der Waals surface area contributed by atoms with Gasteiger partial charge in [-0.25, -0.2) is 4.98 Å². The molecule has 0 aliphatic carbocycles. The van der Waals surface area contributed by atoms with E-state index >= 15 is 0 Å². The molecule has 0 N–H and O–H groups in total. The Morgan fingerprint density at radius 3 is 1.57 bits per heavy atom. The number of hydrogen-bond acceptors (Lipinski definition) is 1. The van der Waals surface area contributed by atoms with E-state index in [1.54, 1.807) is 0 Å². The highest BCUT2D eigenvalue weighted by Crippen LogP contribution is 2.40. The summed E-state index contributed by atoms with van der Waals surface area (Å²) in [6.45, 7) is 0. The van der Waals surface area contributed by atoms with E-state index in [1.807, 2.05) is 6.07 Å². The molecular formula is C35H24N2. The van der Waals surface area contributed by atoms with Crippen molar-refractivity contribution in [2.75, 3.05) is 0 Å². The van der Waals surface area contributed by atoms with Crippen molar-refractivity contribution in [2.45, 2.75) is 0 Å². The standard InChI is InChI=1S/C35H24N2/c1-3-13-27(14-4-1)35-36-33(30-21-19-25-11-7-9-15-28(25)23-30)34(37(35)32-17-5-2-6-18-32)31-22-20-26-12-8-10-16-29(26)24-31/h1-24H. The molecule has 0 aliphatic rings. The van der Waals surface area contributed by atoms with E-state index in [1.165, 1.54) is 21.5 Å². The van der Waals surface area contributed by atoms with E-state index in [9.17, 15) is 0 Å². The van der Waals surface area contributed by atoms with Gasteiger partial charge in [-0.15, -0.1) is 0 Å². The summed E-state index contributed by atoms with van der Waals surface area (Å²) >= 11 is 0. The molecule has 0 saturated carbocycles. The topological polar surface area (TPSA) is 17.8 Å². The van der Waals surface area contributed by atoms with Crippen molar-refractivity contribution in [3.63, 3.8) is 0 Å². The van der Waals surface area contributed by atoms with Gasteiger partial charge in [0.1, 0.15) is 5.82 Å². The van der Waals surface area contributed by atoms with Gasteiger partial charge in [0.05, 0.1) is 11.4 Å². The maximum absolute atomic E-state index is 5.35. The third-order valence-electron chi connectivity index (χ3n) is 6.97. The molecular weight excluding hydrogens is 448 g/mol. The molecule has 0 amide bonds. The van der Waals surface area contributed by atoms with Crippen molar-refractivity contribution in [3.8, 4) is 39.6 Å². The van der Waals surface area contributed by atoms with Crippen LogP contribution in [0, 0.1) is 0 Å². The summed E-state index contributed by atoms with van der Waals surface area (Å²) in [6.07, 6.45) is 0. The Balaban J connectivity index is 1.59. The van der Waals surface area contributed by atoms with E-state index in [0.29, 0.717) is 0 Å². The molecule has 37 heavy (non-hydrogen) atoms. The van der Waals surface area contributed by atoms with Crippen LogP contribution in [0.4, 0.5) is 0 Å². The third kappa shape index (κ3) is 3.80. The molecule has 0 fully saturated rings. The van der Waals surface area contributed by atoms with Crippen LogP contribution in [0.3, 0.4) is 0 Å². The number of imidazole rings is 1. The Kier molecular flexibility index (Phi) is 5.15. The van der Waals surface area contributed by atoms with Crippen LogP contribution < -0.4 is 0 Å². The molecule has 1 heterocycles. The van der Waals surface area contributed by atoms with Crippen LogP contribution in [0.25, 0.3) is 61.1 Å². The summed E-state index contributed by atoms with van der Waals surface area (Å²) in [5.41, 5.74) is 6.48. The van der Waals surface area contributed by atoms with E-state index < -0.39 is 0 Å². The summed E-state index contributed by atoms with van der Waals surface area (Å²) in [7, 11) is 0. The summed E-state index contributed by atoms with van der Waals surface area (Å²) in [5.74, 6) is 0.929. The van der Waals surface area contributed by atoms with Crippen LogP contribution in [-0.2, 0) is 0 Å². The lowest BCUT2D eigenvalue weighted by Crippen LogP contribution is -2.00. The minimum atomic E-state index is 0.929. The number of rotatable bonds is 4. The summed E-state index contributed by atoms with van der Waals surface area (Å²) in [5, 5.41) is 4.88. The van der Waals surface area contributed by atoms with Crippen LogP contribution in [0.5, 0.6) is 0 Å². The molecule has 174 valence electrons. The minimum Gasteiger partial charge on any atom is -0.292 e. The Bertz CT molecular complexity index is 1860. The van der Waals surface area contributed by atoms with E-state index in [0.717, 1.165) is 39.6 Å². The first-order valence-corrected chi connectivity index (χ1v) is 12.6. The molecule has 6 aromatic carbocycles. The van der Waals surface area contributed by atoms with Crippen molar-refractivity contribution in [3.05, 3.63) is 146 Å². The van der Waals surface area contributed by atoms with E-state index in [2.05, 4.69) is 144 Å². The third-order valence-corrected chi connectivity index (χ3v) is 6.97. The van der Waals surface area contributed by atoms with Crippen LogP contribution in [0.1, 0.15) is 0 Å². The predicted octanol–water partition coefficient (Wildman–Crippen LogP) is 9.18. The molecule has 1 aromatic heterocycles. The van der Waals surface area contributed by atoms with Crippen molar-refractivity contribution >= 4 is 21.5 Å². The predicted molar refractivity (Wildman–Crippen MR) is 155 cm³/mol. The van der Waals surface area contributed by atoms with Crippen molar-refractivity contribution < 1.29 is 0 Å². The molecule has 0 spiro atoms. The molecule has 0 saturated heterocycles. The highest BCUT2D eigenvalue weighted by atomic mass is 15.1. The summed E-state index contributed by atoms with van der Waals surface area (Å²) in [6, 6.07) is 51.4. The molecule has 2 heteroatoms. The number of fused-ring (bicyclic) bond motifs is 2. The van der Waals surface area contributed by atoms with Crippen LogP contribution in [0.15, 0.2) is 146 Å². The van der Waals surface area contributed by atoms with Gasteiger partial charge in [0, 0.05) is 22.4 Å². The van der Waals surface area contributed by atoms with Crippen molar-refractivity contribution in [1.82, 2.24) is 9.55 Å². The van der Waals surface area contributed by atoms with Gasteiger partial charge in [0.25, 0.3) is 0 Å². The second-order valence-electron chi connectivity index (χ2n) is 9.29. The fourth-order valence-corrected chi connectivity index (χ4v) is 5.17. The first-order chi connectivity index (χ1) is 18.3. The number of nitrogens with zero attached hydrogens (tertiary/aromatic N) is 2. The average Bonchev–Trinajstić information content (AvgIpc) is 3.38. The maximum atomic E-state index is 5.35. The van der Waals surface area contributed by atoms with Crippen LogP contribution >= 0.6 is 0 Å². The fraction of sp³-hybridized carbons (Fsp3) is 0. The van der Waals surface area contributed by atoms with Gasteiger partial charge < -0.3 is 0 Å². The molecule has 7 aromatic rings. The number of hydrogen-bond donors (Lipinski definition) is 0. The SMILES string of the molecule is c1ccc(-c2nc(-c3ccc4ccccc4c3)c(-c3ccc4ccccc4c3)n2-c2ccccc2)cc1. The van der Waals surface area contributed by atoms with Gasteiger partial charge in [-0.1, -0.05) is 121 Å². The molecule has 7 rings (SSSR count). The summed E-state index contributed by atoms with van der Waals surface area (Å²) in [4.78, 5) is 5.35. The largest absolute Gasteiger partial charge is 0.292 e. The molecule has 0 atom stereocenters. The van der Waals surface area contributed by atoms with Gasteiger partial charge in [0.2, 0.25) is 0 Å². The van der Waals surface area contributed by atoms with E-state index in [4.69, 9.17) is 4.98 Å². The highest BCUT2D eigenvalue weighted by Gasteiger charge is 2.22. The second kappa shape index (κ2) is 8.92. The normalized spacial score (nSPS) is 11.2. The fourth-order valence-electron chi connectivity index (χ4n) is 5.17. The van der Waals surface area contributed by atoms with Gasteiger partial charge in [-0.3, -0.25) is 4.57 Å². The molecule has 0 unspecified atom stereocenters. The zero-order chi connectivity index (χ0) is 24.6.